The van der Waals surface area contributed by atoms with Gasteiger partial charge in [0, 0.05) is 25.9 Å². The van der Waals surface area contributed by atoms with E-state index in [0.717, 1.165) is 12.0 Å². The van der Waals surface area contributed by atoms with Gasteiger partial charge in [-0.05, 0) is 30.2 Å². The van der Waals surface area contributed by atoms with Crippen molar-refractivity contribution in [3.63, 3.8) is 0 Å². The van der Waals surface area contributed by atoms with Gasteiger partial charge in [0.15, 0.2) is 11.5 Å². The molecule has 1 amide bonds. The summed E-state index contributed by atoms with van der Waals surface area (Å²) >= 11 is 0. The van der Waals surface area contributed by atoms with E-state index >= 15 is 0 Å². The third-order valence-electron chi connectivity index (χ3n) is 4.74. The van der Waals surface area contributed by atoms with Gasteiger partial charge in [-0.2, -0.15) is 0 Å². The Balaban J connectivity index is 1.63. The van der Waals surface area contributed by atoms with Gasteiger partial charge in [-0.3, -0.25) is 9.59 Å². The van der Waals surface area contributed by atoms with Gasteiger partial charge < -0.3 is 19.5 Å². The summed E-state index contributed by atoms with van der Waals surface area (Å²) in [5, 5.41) is 9.11. The fourth-order valence-corrected chi connectivity index (χ4v) is 3.27. The number of carboxylic acid groups (broad SMARTS) is 1. The van der Waals surface area contributed by atoms with E-state index in [-0.39, 0.29) is 18.9 Å². The van der Waals surface area contributed by atoms with Crippen molar-refractivity contribution in [1.82, 2.24) is 4.90 Å². The van der Waals surface area contributed by atoms with Gasteiger partial charge in [0.2, 0.25) is 5.91 Å². The molecular weight excluding hydrogens is 358 g/mol. The standard InChI is InChI=1S/C22H25NO5/c1-2-27-20-12-17(14-23-15-18(22(25)26)13-21(23)24)8-9-19(20)28-11-10-16-6-4-3-5-7-16/h3-9,12,18H,2,10-11,13-15H2,1H3,(H,25,26). The van der Waals surface area contributed by atoms with E-state index in [0.29, 0.717) is 31.3 Å². The molecular formula is C22H25NO5. The maximum atomic E-state index is 12.1. The van der Waals surface area contributed by atoms with E-state index in [1.807, 2.05) is 43.3 Å². The van der Waals surface area contributed by atoms with Crippen molar-refractivity contribution in [2.45, 2.75) is 26.3 Å². The molecule has 0 spiro atoms. The van der Waals surface area contributed by atoms with Crippen LogP contribution in [0.5, 0.6) is 11.5 Å². The summed E-state index contributed by atoms with van der Waals surface area (Å²) in [5.41, 5.74) is 2.09. The molecule has 1 aliphatic heterocycles. The molecule has 2 aromatic carbocycles. The Hall–Kier alpha value is -3.02. The highest BCUT2D eigenvalue weighted by molar-refractivity contribution is 5.86. The van der Waals surface area contributed by atoms with E-state index in [2.05, 4.69) is 12.1 Å². The van der Waals surface area contributed by atoms with Gasteiger partial charge in [-0.25, -0.2) is 0 Å². The average molecular weight is 383 g/mol. The molecule has 1 saturated heterocycles. The van der Waals surface area contributed by atoms with E-state index in [4.69, 9.17) is 14.6 Å². The molecule has 0 radical (unpaired) electrons. The van der Waals surface area contributed by atoms with Crippen LogP contribution in [0.1, 0.15) is 24.5 Å². The van der Waals surface area contributed by atoms with E-state index < -0.39 is 11.9 Å². The summed E-state index contributed by atoms with van der Waals surface area (Å²) in [4.78, 5) is 24.8. The first-order valence-corrected chi connectivity index (χ1v) is 9.50. The van der Waals surface area contributed by atoms with E-state index in [1.54, 1.807) is 4.90 Å². The second-order valence-corrected chi connectivity index (χ2v) is 6.81. The molecule has 2 aromatic rings. The lowest BCUT2D eigenvalue weighted by atomic mass is 10.1. The summed E-state index contributed by atoms with van der Waals surface area (Å²) in [6, 6.07) is 15.7. The first-order chi connectivity index (χ1) is 13.6. The molecule has 6 nitrogen and oxygen atoms in total. The maximum Gasteiger partial charge on any atom is 0.308 e. The molecule has 1 fully saturated rings. The van der Waals surface area contributed by atoms with Crippen LogP contribution in [0.4, 0.5) is 0 Å². The maximum absolute atomic E-state index is 12.1. The molecule has 3 rings (SSSR count). The summed E-state index contributed by atoms with van der Waals surface area (Å²) in [7, 11) is 0. The van der Waals surface area contributed by atoms with Crippen LogP contribution in [0.3, 0.4) is 0 Å². The zero-order chi connectivity index (χ0) is 19.9. The van der Waals surface area contributed by atoms with E-state index in [9.17, 15) is 9.59 Å². The minimum Gasteiger partial charge on any atom is -0.490 e. The number of ether oxygens (including phenoxy) is 2. The number of amides is 1. The molecule has 148 valence electrons. The number of rotatable bonds is 9. The summed E-state index contributed by atoms with van der Waals surface area (Å²) < 4.78 is 11.6. The third-order valence-corrected chi connectivity index (χ3v) is 4.74. The molecule has 0 aromatic heterocycles. The van der Waals surface area contributed by atoms with Crippen molar-refractivity contribution in [3.05, 3.63) is 59.7 Å². The molecule has 28 heavy (non-hydrogen) atoms. The van der Waals surface area contributed by atoms with Crippen LogP contribution in [0.2, 0.25) is 0 Å². The van der Waals surface area contributed by atoms with Crippen LogP contribution in [-0.2, 0) is 22.6 Å². The first kappa shape index (κ1) is 19.7. The Bertz CT molecular complexity index is 821. The van der Waals surface area contributed by atoms with Crippen LogP contribution < -0.4 is 9.47 Å². The number of aliphatic carboxylic acids is 1. The Morgan fingerprint density at radius 1 is 1.11 bits per heavy atom. The highest BCUT2D eigenvalue weighted by Crippen LogP contribution is 2.30. The summed E-state index contributed by atoms with van der Waals surface area (Å²) in [5.74, 6) is -0.381. The van der Waals surface area contributed by atoms with Crippen molar-refractivity contribution in [2.75, 3.05) is 19.8 Å². The third kappa shape index (κ3) is 5.03. The number of likely N-dealkylation sites (tertiary alicyclic amines) is 1. The van der Waals surface area contributed by atoms with Crippen molar-refractivity contribution in [3.8, 4) is 11.5 Å². The molecule has 1 heterocycles. The van der Waals surface area contributed by atoms with Gasteiger partial charge >= 0.3 is 5.97 Å². The Kier molecular flexibility index (Phi) is 6.53. The zero-order valence-corrected chi connectivity index (χ0v) is 16.0. The molecule has 0 saturated carbocycles. The highest BCUT2D eigenvalue weighted by atomic mass is 16.5. The van der Waals surface area contributed by atoms with Crippen LogP contribution >= 0.6 is 0 Å². The minimum absolute atomic E-state index is 0.0638. The molecule has 0 aliphatic carbocycles. The smallest absolute Gasteiger partial charge is 0.308 e. The van der Waals surface area contributed by atoms with E-state index in [1.165, 1.54) is 5.56 Å². The van der Waals surface area contributed by atoms with Crippen LogP contribution in [-0.4, -0.2) is 41.6 Å². The Morgan fingerprint density at radius 2 is 1.89 bits per heavy atom. The summed E-state index contributed by atoms with van der Waals surface area (Å²) in [6.07, 6.45) is 0.862. The number of hydrogen-bond acceptors (Lipinski definition) is 4. The molecule has 1 unspecified atom stereocenters. The number of benzene rings is 2. The topological polar surface area (TPSA) is 76.1 Å². The Morgan fingerprint density at radius 3 is 2.57 bits per heavy atom. The lowest BCUT2D eigenvalue weighted by Crippen LogP contribution is -2.25. The fraction of sp³-hybridized carbons (Fsp3) is 0.364. The highest BCUT2D eigenvalue weighted by Gasteiger charge is 2.34. The normalized spacial score (nSPS) is 16.2. The number of carbonyl (C=O) groups excluding carboxylic acids is 1. The SMILES string of the molecule is CCOc1cc(CN2CC(C(=O)O)CC2=O)ccc1OCCc1ccccc1. The lowest BCUT2D eigenvalue weighted by molar-refractivity contribution is -0.141. The van der Waals surface area contributed by atoms with Gasteiger partial charge in [-0.15, -0.1) is 0 Å². The average Bonchev–Trinajstić information content (AvgIpc) is 3.05. The largest absolute Gasteiger partial charge is 0.490 e. The van der Waals surface area contributed by atoms with Gasteiger partial charge in [-0.1, -0.05) is 36.4 Å². The van der Waals surface area contributed by atoms with Crippen LogP contribution in [0.15, 0.2) is 48.5 Å². The van der Waals surface area contributed by atoms with Gasteiger partial charge in [0.05, 0.1) is 19.1 Å². The molecule has 0 bridgehead atoms. The molecule has 1 N–H and O–H groups in total. The van der Waals surface area contributed by atoms with Gasteiger partial charge in [0.1, 0.15) is 0 Å². The van der Waals surface area contributed by atoms with Crippen molar-refractivity contribution in [2.24, 2.45) is 5.92 Å². The quantitative estimate of drug-likeness (QED) is 0.720. The monoisotopic (exact) mass is 383 g/mol. The zero-order valence-electron chi connectivity index (χ0n) is 16.0. The minimum atomic E-state index is -0.923. The van der Waals surface area contributed by atoms with Crippen molar-refractivity contribution in [1.29, 1.82) is 0 Å². The molecule has 1 aliphatic rings. The van der Waals surface area contributed by atoms with Crippen LogP contribution in [0, 0.1) is 5.92 Å². The lowest BCUT2D eigenvalue weighted by Gasteiger charge is -2.18. The fourth-order valence-electron chi connectivity index (χ4n) is 3.27. The number of carboxylic acids is 1. The van der Waals surface area contributed by atoms with Gasteiger partial charge in [0.25, 0.3) is 0 Å². The predicted molar refractivity (Wildman–Crippen MR) is 104 cm³/mol. The van der Waals surface area contributed by atoms with Crippen LogP contribution in [0.25, 0.3) is 0 Å². The summed E-state index contributed by atoms with van der Waals surface area (Å²) in [6.45, 7) is 3.55. The predicted octanol–water partition coefficient (Wildman–Crippen LogP) is 3.14. The second-order valence-electron chi connectivity index (χ2n) is 6.81. The number of nitrogens with zero attached hydrogens (tertiary/aromatic N) is 1. The molecule has 6 heteroatoms. The first-order valence-electron chi connectivity index (χ1n) is 9.50. The number of hydrogen-bond donors (Lipinski definition) is 1. The van der Waals surface area contributed by atoms with Crippen molar-refractivity contribution >= 4 is 11.9 Å². The number of carbonyl (C=O) groups is 2. The Labute approximate surface area is 164 Å². The second kappa shape index (κ2) is 9.26. The molecule has 1 atom stereocenters. The van der Waals surface area contributed by atoms with Crippen molar-refractivity contribution < 1.29 is 24.2 Å².